The van der Waals surface area contributed by atoms with Crippen LogP contribution in [0.2, 0.25) is 0 Å². The lowest BCUT2D eigenvalue weighted by Crippen LogP contribution is -2.49. The zero-order valence-electron chi connectivity index (χ0n) is 35.1. The van der Waals surface area contributed by atoms with Gasteiger partial charge in [-0.15, -0.1) is 0 Å². The van der Waals surface area contributed by atoms with Crippen LogP contribution in [0.5, 0.6) is 5.75 Å². The van der Waals surface area contributed by atoms with Crippen molar-refractivity contribution in [3.8, 4) is 28.3 Å². The van der Waals surface area contributed by atoms with Crippen molar-refractivity contribution < 1.29 is 18.7 Å². The van der Waals surface area contributed by atoms with Crippen molar-refractivity contribution >= 4 is 40.2 Å². The van der Waals surface area contributed by atoms with Gasteiger partial charge in [0.15, 0.2) is 17.4 Å². The molecule has 0 spiro atoms. The molecule has 4 aromatic heterocycles. The van der Waals surface area contributed by atoms with Crippen LogP contribution in [0.4, 0.5) is 26.5 Å². The number of hydrogen-bond acceptors (Lipinski definition) is 11. The second-order valence-corrected chi connectivity index (χ2v) is 16.8. The number of pyridine rings is 1. The van der Waals surface area contributed by atoms with Gasteiger partial charge < -0.3 is 20.3 Å². The predicted octanol–water partition coefficient (Wildman–Crippen LogP) is 5.87. The molecule has 7 heterocycles. The molecule has 318 valence electrons. The van der Waals surface area contributed by atoms with Crippen LogP contribution >= 0.6 is 0 Å². The largest absolute Gasteiger partial charge is 0.482 e. The number of hydrogen-bond donors (Lipinski definition) is 2. The Morgan fingerprint density at radius 1 is 0.902 bits per heavy atom. The van der Waals surface area contributed by atoms with Crippen LogP contribution in [-0.2, 0) is 25.4 Å². The molecule has 3 N–H and O–H groups in total. The molecule has 3 aliphatic heterocycles. The molecule has 3 saturated heterocycles. The summed E-state index contributed by atoms with van der Waals surface area (Å²) in [5.74, 6) is 1.77. The molecule has 3 fully saturated rings. The lowest BCUT2D eigenvalue weighted by atomic mass is 9.92. The summed E-state index contributed by atoms with van der Waals surface area (Å²) >= 11 is 0. The molecule has 2 aromatic carbocycles. The van der Waals surface area contributed by atoms with Crippen molar-refractivity contribution in [2.24, 2.45) is 25.9 Å². The first-order chi connectivity index (χ1) is 29.5. The Kier molecular flexibility index (Phi) is 10.9. The van der Waals surface area contributed by atoms with Crippen LogP contribution < -0.4 is 25.6 Å². The number of nitrogens with one attached hydrogen (secondary N) is 1. The van der Waals surface area contributed by atoms with Gasteiger partial charge >= 0.3 is 6.03 Å². The van der Waals surface area contributed by atoms with E-state index in [4.69, 9.17) is 15.6 Å². The Balaban J connectivity index is 0.790. The SMILES string of the molecule is Cc1cnn(CC2CCN(CC3CCN(c4ccc5c(N6CCC(=O)NC6=O)nn(C)c5c4)CC3)CC2)c1-c1cnc(N)c(O[C@H](C)c2cc(F)ccc2-c2cnn(C)n2)c1. The highest BCUT2D eigenvalue weighted by atomic mass is 19.1. The number of halogens is 1. The number of likely N-dealkylation sites (tertiary alicyclic amines) is 1. The topological polar surface area (TPSA) is 170 Å². The van der Waals surface area contributed by atoms with E-state index >= 15 is 0 Å². The lowest BCUT2D eigenvalue weighted by molar-refractivity contribution is -0.120. The number of amides is 3. The number of fused-ring (bicyclic) bond motifs is 1. The van der Waals surface area contributed by atoms with E-state index in [1.165, 1.54) is 16.9 Å². The predicted molar refractivity (Wildman–Crippen MR) is 230 cm³/mol. The smallest absolute Gasteiger partial charge is 0.329 e. The maximum absolute atomic E-state index is 14.5. The molecule has 0 bridgehead atoms. The van der Waals surface area contributed by atoms with Gasteiger partial charge in [-0.3, -0.25) is 24.4 Å². The fraction of sp³-hybridized carbons (Fsp3) is 0.432. The Bertz CT molecular complexity index is 2580. The van der Waals surface area contributed by atoms with Crippen LogP contribution in [0.1, 0.15) is 56.3 Å². The third kappa shape index (κ3) is 8.25. The van der Waals surface area contributed by atoms with Crippen molar-refractivity contribution in [3.05, 3.63) is 78.0 Å². The summed E-state index contributed by atoms with van der Waals surface area (Å²) in [5, 5.41) is 21.4. The number of anilines is 3. The molecule has 0 saturated carbocycles. The van der Waals surface area contributed by atoms with Gasteiger partial charge in [-0.2, -0.15) is 25.2 Å². The minimum Gasteiger partial charge on any atom is -0.482 e. The summed E-state index contributed by atoms with van der Waals surface area (Å²) < 4.78 is 24.8. The number of aryl methyl sites for hydroxylation is 3. The first-order valence-corrected chi connectivity index (χ1v) is 21.1. The Hall–Kier alpha value is -6.36. The summed E-state index contributed by atoms with van der Waals surface area (Å²) in [6.07, 6.45) is 9.51. The molecule has 3 amide bonds. The highest BCUT2D eigenvalue weighted by Crippen LogP contribution is 2.36. The van der Waals surface area contributed by atoms with E-state index in [0.717, 1.165) is 104 Å². The quantitative estimate of drug-likeness (QED) is 0.160. The molecule has 0 radical (unpaired) electrons. The van der Waals surface area contributed by atoms with Gasteiger partial charge in [0.05, 0.1) is 23.6 Å². The zero-order chi connectivity index (χ0) is 42.4. The number of nitrogens with zero attached hydrogens (tertiary/aromatic N) is 11. The summed E-state index contributed by atoms with van der Waals surface area (Å²) in [7, 11) is 3.64. The van der Waals surface area contributed by atoms with Gasteiger partial charge in [0.2, 0.25) is 5.91 Å². The highest BCUT2D eigenvalue weighted by Gasteiger charge is 2.30. The summed E-state index contributed by atoms with van der Waals surface area (Å²) in [4.78, 5) is 36.9. The molecule has 1 atom stereocenters. The number of urea groups is 1. The zero-order valence-corrected chi connectivity index (χ0v) is 35.1. The van der Waals surface area contributed by atoms with Crippen LogP contribution in [0.25, 0.3) is 33.4 Å². The second kappa shape index (κ2) is 16.6. The number of aromatic nitrogens is 8. The van der Waals surface area contributed by atoms with Crippen LogP contribution in [0.3, 0.4) is 0 Å². The molecule has 6 aromatic rings. The van der Waals surface area contributed by atoms with E-state index in [-0.39, 0.29) is 24.0 Å². The van der Waals surface area contributed by atoms with Crippen LogP contribution in [0, 0.1) is 24.6 Å². The monoisotopic (exact) mass is 829 g/mol. The van der Waals surface area contributed by atoms with Gasteiger partial charge in [0, 0.05) is 87.2 Å². The number of carbonyl (C=O) groups excluding carboxylic acids is 2. The number of nitrogen functional groups attached to an aromatic ring is 1. The van der Waals surface area contributed by atoms with Gasteiger partial charge in [-0.1, -0.05) is 0 Å². The third-order valence-electron chi connectivity index (χ3n) is 12.6. The fourth-order valence-electron chi connectivity index (χ4n) is 9.22. The van der Waals surface area contributed by atoms with E-state index < -0.39 is 12.1 Å². The molecular weight excluding hydrogens is 778 g/mol. The van der Waals surface area contributed by atoms with E-state index in [2.05, 4.69) is 65.2 Å². The Labute approximate surface area is 353 Å². The van der Waals surface area contributed by atoms with Crippen molar-refractivity contribution in [3.63, 3.8) is 0 Å². The third-order valence-corrected chi connectivity index (χ3v) is 12.6. The minimum absolute atomic E-state index is 0.252. The average Bonchev–Trinajstić information content (AvgIpc) is 3.95. The summed E-state index contributed by atoms with van der Waals surface area (Å²) in [5.41, 5.74) is 13.4. The number of imide groups is 1. The minimum atomic E-state index is -0.555. The molecule has 9 rings (SSSR count). The summed E-state index contributed by atoms with van der Waals surface area (Å²) in [6, 6.07) is 12.4. The average molecular weight is 830 g/mol. The van der Waals surface area contributed by atoms with Gasteiger partial charge in [-0.05, 0) is 112 Å². The molecule has 61 heavy (non-hydrogen) atoms. The molecule has 17 heteroatoms. The van der Waals surface area contributed by atoms with E-state index in [9.17, 15) is 14.0 Å². The lowest BCUT2D eigenvalue weighted by Gasteiger charge is -2.38. The summed E-state index contributed by atoms with van der Waals surface area (Å²) in [6.45, 7) is 10.3. The van der Waals surface area contributed by atoms with Gasteiger partial charge in [-0.25, -0.2) is 14.2 Å². The second-order valence-electron chi connectivity index (χ2n) is 16.8. The van der Waals surface area contributed by atoms with Crippen LogP contribution in [0.15, 0.2) is 61.1 Å². The number of carbonyl (C=O) groups is 2. The first-order valence-electron chi connectivity index (χ1n) is 21.1. The maximum Gasteiger partial charge on any atom is 0.329 e. The Morgan fingerprint density at radius 3 is 2.43 bits per heavy atom. The number of rotatable bonds is 11. The van der Waals surface area contributed by atoms with Crippen molar-refractivity contribution in [1.29, 1.82) is 0 Å². The van der Waals surface area contributed by atoms with Crippen LogP contribution in [-0.4, -0.2) is 95.6 Å². The van der Waals surface area contributed by atoms with Gasteiger partial charge in [0.1, 0.15) is 17.6 Å². The van der Waals surface area contributed by atoms with Crippen molar-refractivity contribution in [1.82, 2.24) is 49.8 Å². The molecular formula is C44H52FN13O3. The van der Waals surface area contributed by atoms with E-state index in [0.29, 0.717) is 41.2 Å². The van der Waals surface area contributed by atoms with Crippen molar-refractivity contribution in [2.45, 2.75) is 58.6 Å². The normalized spacial score (nSPS) is 17.7. The number of nitrogens with two attached hydrogens (primary N) is 1. The number of ether oxygens (including phenoxy) is 1. The number of benzene rings is 2. The maximum atomic E-state index is 14.5. The van der Waals surface area contributed by atoms with E-state index in [1.807, 2.05) is 30.9 Å². The number of piperidine rings is 2. The molecule has 0 unspecified atom stereocenters. The fourth-order valence-corrected chi connectivity index (χ4v) is 9.22. The molecule has 16 nitrogen and oxygen atoms in total. The van der Waals surface area contributed by atoms with Gasteiger partial charge in [0.25, 0.3) is 0 Å². The Morgan fingerprint density at radius 2 is 1.67 bits per heavy atom. The standard InChI is InChI=1S/C44H52FN13O3/c1-27-22-49-58(41(27)31-19-39(42(46)47-23-31)61-28(2)36-20-32(45)5-7-34(36)37-24-48-54(4)51-37)26-30-9-14-55(15-10-30)25-29-11-16-56(17-12-29)33-6-8-35-38(21-33)53(3)52-43(35)57-18-13-40(59)50-44(57)60/h5-8,19-24,28-30H,9-18,25-26H2,1-4H3,(H2,46,47)(H,50,59,60)/t28-/m1/s1. The highest BCUT2D eigenvalue weighted by molar-refractivity contribution is 6.09. The van der Waals surface area contributed by atoms with Crippen molar-refractivity contribution in [2.75, 3.05) is 54.8 Å². The molecule has 3 aliphatic rings. The molecule has 0 aliphatic carbocycles. The first kappa shape index (κ1) is 40.1. The van der Waals surface area contributed by atoms with E-state index in [1.54, 1.807) is 30.4 Å².